The monoisotopic (exact) mass is 614 g/mol. The molecule has 2 aromatic carbocycles. The molecule has 0 saturated heterocycles. The molecule has 1 N–H and O–H groups in total. The van der Waals surface area contributed by atoms with Gasteiger partial charge in [0.25, 0.3) is 5.24 Å². The molecule has 5 rings (SSSR count). The van der Waals surface area contributed by atoms with Crippen molar-refractivity contribution in [1.29, 1.82) is 0 Å². The molecule has 2 saturated carbocycles. The number of halogens is 2. The Balaban J connectivity index is 1.48. The van der Waals surface area contributed by atoms with Crippen LogP contribution in [0.5, 0.6) is 11.5 Å². The zero-order valence-corrected chi connectivity index (χ0v) is 24.9. The van der Waals surface area contributed by atoms with E-state index < -0.39 is 29.9 Å². The summed E-state index contributed by atoms with van der Waals surface area (Å²) >= 11 is 0.924. The lowest BCUT2D eigenvalue weighted by Gasteiger charge is -2.36. The molecule has 0 aromatic heterocycles. The largest absolute Gasteiger partial charge is 0.489 e. The van der Waals surface area contributed by atoms with Crippen molar-refractivity contribution in [1.82, 2.24) is 10.2 Å². The number of esters is 1. The highest BCUT2D eigenvalue weighted by Crippen LogP contribution is 2.41. The molecule has 0 radical (unpaired) electrons. The van der Waals surface area contributed by atoms with Crippen LogP contribution in [-0.4, -0.2) is 42.0 Å². The van der Waals surface area contributed by atoms with Crippen LogP contribution in [0, 0.1) is 11.8 Å². The van der Waals surface area contributed by atoms with Crippen LogP contribution in [0.25, 0.3) is 0 Å². The van der Waals surface area contributed by atoms with Crippen LogP contribution < -0.4 is 14.8 Å². The predicted octanol–water partition coefficient (Wildman–Crippen LogP) is 7.59. The van der Waals surface area contributed by atoms with Gasteiger partial charge in [-0.1, -0.05) is 67.4 Å². The average molecular weight is 615 g/mol. The zero-order valence-electron chi connectivity index (χ0n) is 24.1. The average Bonchev–Trinajstić information content (AvgIpc) is 3.83. The zero-order chi connectivity index (χ0) is 30.3. The van der Waals surface area contributed by atoms with Crippen LogP contribution in [0.3, 0.4) is 0 Å². The van der Waals surface area contributed by atoms with Gasteiger partial charge in [-0.15, -0.1) is 0 Å². The fourth-order valence-electron chi connectivity index (χ4n) is 5.42. The van der Waals surface area contributed by atoms with E-state index in [1.54, 1.807) is 6.92 Å². The summed E-state index contributed by atoms with van der Waals surface area (Å²) < 4.78 is 42.8. The number of rotatable bonds is 11. The fourth-order valence-corrected chi connectivity index (χ4v) is 6.23. The Morgan fingerprint density at radius 3 is 2.40 bits per heavy atom. The Bertz CT molecular complexity index is 1340. The number of nitrogens with zero attached hydrogens (tertiary/aromatic N) is 1. The first-order valence-corrected chi connectivity index (χ1v) is 15.7. The van der Waals surface area contributed by atoms with Gasteiger partial charge in [0.15, 0.2) is 11.5 Å². The van der Waals surface area contributed by atoms with E-state index in [9.17, 15) is 23.2 Å². The quantitative estimate of drug-likeness (QED) is 0.261. The summed E-state index contributed by atoms with van der Waals surface area (Å²) in [5.74, 6) is 0.112. The van der Waals surface area contributed by atoms with Crippen LogP contribution in [0.4, 0.5) is 18.4 Å². The van der Waals surface area contributed by atoms with E-state index in [1.165, 1.54) is 18.2 Å². The Morgan fingerprint density at radius 1 is 0.977 bits per heavy atom. The number of imide groups is 1. The molecule has 11 heteroatoms. The number of nitrogens with one attached hydrogen (secondary N) is 1. The molecule has 0 spiro atoms. The second-order valence-electron chi connectivity index (χ2n) is 11.2. The van der Waals surface area contributed by atoms with E-state index in [0.29, 0.717) is 23.8 Å². The van der Waals surface area contributed by atoms with Crippen molar-refractivity contribution in [2.45, 2.75) is 70.3 Å². The molecular weight excluding hydrogens is 578 g/mol. The third-order valence-electron chi connectivity index (χ3n) is 7.92. The van der Waals surface area contributed by atoms with Crippen molar-refractivity contribution in [2.24, 2.45) is 11.8 Å². The standard InChI is InChI=1S/C32H36F2N2O6S/c1-20-27(29(37)41-18-21-8-4-2-5-9-21)28(36(31(38)35-20)32(39)43-19-23-10-6-3-7-11-23)24-14-15-25(42-30(33)34)26(16-24)40-17-22-12-13-22/h3,6-7,10-11,14-16,21-22,28,30H,2,4-5,8-9,12-13,17-19H2,1H3,(H,35,38). The van der Waals surface area contributed by atoms with Crippen molar-refractivity contribution in [3.63, 3.8) is 0 Å². The van der Waals surface area contributed by atoms with Crippen molar-refractivity contribution in [3.05, 3.63) is 70.9 Å². The van der Waals surface area contributed by atoms with Gasteiger partial charge in [-0.2, -0.15) is 8.78 Å². The lowest BCUT2D eigenvalue weighted by Crippen LogP contribution is -2.50. The summed E-state index contributed by atoms with van der Waals surface area (Å²) in [7, 11) is 0. The number of amides is 3. The second kappa shape index (κ2) is 14.2. The first kappa shape index (κ1) is 30.8. The van der Waals surface area contributed by atoms with Gasteiger partial charge in [-0.3, -0.25) is 4.79 Å². The van der Waals surface area contributed by atoms with Crippen LogP contribution in [-0.2, 0) is 15.3 Å². The highest BCUT2D eigenvalue weighted by molar-refractivity contribution is 8.12. The van der Waals surface area contributed by atoms with E-state index in [-0.39, 0.29) is 35.3 Å². The molecule has 8 nitrogen and oxygen atoms in total. The van der Waals surface area contributed by atoms with E-state index in [0.717, 1.165) is 67.2 Å². The molecule has 43 heavy (non-hydrogen) atoms. The van der Waals surface area contributed by atoms with Gasteiger partial charge < -0.3 is 19.5 Å². The minimum absolute atomic E-state index is 0.0487. The highest BCUT2D eigenvalue weighted by Gasteiger charge is 2.42. The van der Waals surface area contributed by atoms with Crippen LogP contribution in [0.1, 0.15) is 69.0 Å². The molecule has 3 aliphatic rings. The first-order chi connectivity index (χ1) is 20.8. The summed E-state index contributed by atoms with van der Waals surface area (Å²) in [5, 5.41) is 2.08. The molecule has 230 valence electrons. The number of hydrogen-bond donors (Lipinski definition) is 1. The number of carbonyl (C=O) groups is 3. The summed E-state index contributed by atoms with van der Waals surface area (Å²) in [6, 6.07) is 11.7. The van der Waals surface area contributed by atoms with E-state index in [1.807, 2.05) is 30.3 Å². The normalized spacial score (nSPS) is 19.3. The maximum Gasteiger partial charge on any atom is 0.387 e. The lowest BCUT2D eigenvalue weighted by molar-refractivity contribution is -0.141. The van der Waals surface area contributed by atoms with Gasteiger partial charge in [0.05, 0.1) is 18.8 Å². The summed E-state index contributed by atoms with van der Waals surface area (Å²) in [5.41, 5.74) is 1.58. The van der Waals surface area contributed by atoms with Crippen molar-refractivity contribution < 1.29 is 37.4 Å². The van der Waals surface area contributed by atoms with Gasteiger partial charge in [0, 0.05) is 11.4 Å². The predicted molar refractivity (Wildman–Crippen MR) is 158 cm³/mol. The van der Waals surface area contributed by atoms with Crippen LogP contribution in [0.2, 0.25) is 0 Å². The molecule has 2 aromatic rings. The molecule has 1 unspecified atom stereocenters. The van der Waals surface area contributed by atoms with Gasteiger partial charge >= 0.3 is 18.6 Å². The van der Waals surface area contributed by atoms with Gasteiger partial charge in [0.2, 0.25) is 0 Å². The lowest BCUT2D eigenvalue weighted by atomic mass is 9.90. The number of alkyl halides is 2. The third kappa shape index (κ3) is 8.07. The fraction of sp³-hybridized carbons (Fsp3) is 0.469. The van der Waals surface area contributed by atoms with E-state index >= 15 is 0 Å². The number of ether oxygens (including phenoxy) is 3. The third-order valence-corrected chi connectivity index (χ3v) is 8.84. The van der Waals surface area contributed by atoms with Gasteiger partial charge in [-0.05, 0) is 67.7 Å². The summed E-state index contributed by atoms with van der Waals surface area (Å²) in [4.78, 5) is 41.7. The minimum atomic E-state index is -3.07. The minimum Gasteiger partial charge on any atom is -0.489 e. The first-order valence-electron chi connectivity index (χ1n) is 14.7. The molecule has 1 atom stereocenters. The molecule has 2 fully saturated rings. The van der Waals surface area contributed by atoms with Crippen molar-refractivity contribution >= 4 is 29.0 Å². The number of allylic oxidation sites excluding steroid dienone is 1. The Kier molecular flexibility index (Phi) is 10.2. The summed E-state index contributed by atoms with van der Waals surface area (Å²) in [6.07, 6.45) is 7.23. The molecule has 1 aliphatic heterocycles. The summed E-state index contributed by atoms with van der Waals surface area (Å²) in [6.45, 7) is -0.937. The number of carbonyl (C=O) groups excluding carboxylic acids is 3. The van der Waals surface area contributed by atoms with Gasteiger partial charge in [-0.25, -0.2) is 14.5 Å². The van der Waals surface area contributed by atoms with Crippen molar-refractivity contribution in [2.75, 3.05) is 13.2 Å². The molecule has 0 bridgehead atoms. The maximum atomic E-state index is 13.7. The van der Waals surface area contributed by atoms with E-state index in [4.69, 9.17) is 14.2 Å². The second-order valence-corrected chi connectivity index (χ2v) is 12.1. The molecule has 2 aliphatic carbocycles. The molecular formula is C32H36F2N2O6S. The number of thioether (sulfide) groups is 1. The van der Waals surface area contributed by atoms with Crippen molar-refractivity contribution in [3.8, 4) is 11.5 Å². The Labute approximate surface area is 254 Å². The Hall–Kier alpha value is -3.60. The number of benzene rings is 2. The van der Waals surface area contributed by atoms with Crippen LogP contribution in [0.15, 0.2) is 59.8 Å². The van der Waals surface area contributed by atoms with Crippen LogP contribution >= 0.6 is 11.8 Å². The van der Waals surface area contributed by atoms with Gasteiger partial charge in [0.1, 0.15) is 6.04 Å². The number of hydrogen-bond acceptors (Lipinski definition) is 7. The molecule has 1 heterocycles. The topological polar surface area (TPSA) is 94.2 Å². The number of urea groups is 1. The smallest absolute Gasteiger partial charge is 0.387 e. The highest BCUT2D eigenvalue weighted by atomic mass is 32.2. The molecule has 3 amide bonds. The SMILES string of the molecule is CC1=C(C(=O)OCC2CCCCC2)C(c2ccc(OC(F)F)c(OCC3CC3)c2)N(C(=O)SCc2ccccc2)C(=O)N1. The maximum absolute atomic E-state index is 13.7. The van der Waals surface area contributed by atoms with E-state index in [2.05, 4.69) is 5.32 Å². The Morgan fingerprint density at radius 2 is 1.70 bits per heavy atom.